The van der Waals surface area contributed by atoms with E-state index in [2.05, 4.69) is 5.43 Å². The monoisotopic (exact) mass is 329 g/mol. The lowest BCUT2D eigenvalue weighted by molar-refractivity contribution is 0.709. The zero-order valence-electron chi connectivity index (χ0n) is 10.8. The zero-order chi connectivity index (χ0) is 14.3. The summed E-state index contributed by atoms with van der Waals surface area (Å²) in [6.45, 7) is 0. The number of nitrogen functional groups attached to an aromatic ring is 1. The van der Waals surface area contributed by atoms with E-state index >= 15 is 0 Å². The number of halogens is 3. The number of rotatable bonds is 1. The first kappa shape index (κ1) is 14.2. The number of hydrogen-bond acceptors (Lipinski definition) is 3. The van der Waals surface area contributed by atoms with Gasteiger partial charge in [0.2, 0.25) is 0 Å². The molecule has 3 N–H and O–H groups in total. The Kier molecular flexibility index (Phi) is 3.95. The van der Waals surface area contributed by atoms with Crippen molar-refractivity contribution in [1.29, 1.82) is 0 Å². The molecule has 1 heterocycles. The summed E-state index contributed by atoms with van der Waals surface area (Å²) < 4.78 is 0. The molecule has 0 spiro atoms. The molecular weight excluding hydrogens is 317 g/mol. The number of aryl methyl sites for hydroxylation is 1. The van der Waals surface area contributed by atoms with Gasteiger partial charge in [0.1, 0.15) is 0 Å². The van der Waals surface area contributed by atoms with Crippen LogP contribution in [0.4, 0.5) is 5.69 Å². The Morgan fingerprint density at radius 1 is 1.05 bits per heavy atom. The highest BCUT2D eigenvalue weighted by Crippen LogP contribution is 2.42. The molecular formula is C14H14Cl3N3. The minimum atomic E-state index is 0.413. The Morgan fingerprint density at radius 3 is 2.55 bits per heavy atom. The lowest BCUT2D eigenvalue weighted by atomic mass is 10.0. The average Bonchev–Trinajstić information content (AvgIpc) is 2.67. The Balaban J connectivity index is 2.43. The van der Waals surface area contributed by atoms with Crippen molar-refractivity contribution in [2.24, 2.45) is 5.84 Å². The first-order valence-electron chi connectivity index (χ1n) is 6.59. The molecule has 1 aliphatic rings. The molecule has 20 heavy (non-hydrogen) atoms. The molecule has 0 atom stereocenters. The molecule has 3 rings (SSSR count). The maximum absolute atomic E-state index is 6.34. The van der Waals surface area contributed by atoms with Crippen molar-refractivity contribution in [1.82, 2.24) is 4.98 Å². The number of benzene rings is 1. The summed E-state index contributed by atoms with van der Waals surface area (Å²) in [5.41, 5.74) is 6.44. The van der Waals surface area contributed by atoms with Crippen LogP contribution in [0.5, 0.6) is 0 Å². The minimum absolute atomic E-state index is 0.413. The Labute approximate surface area is 132 Å². The van der Waals surface area contributed by atoms with Gasteiger partial charge in [-0.3, -0.25) is 10.8 Å². The van der Waals surface area contributed by atoms with Crippen molar-refractivity contribution in [2.75, 3.05) is 5.43 Å². The fourth-order valence-corrected chi connectivity index (χ4v) is 3.57. The van der Waals surface area contributed by atoms with Gasteiger partial charge in [0.05, 0.1) is 26.3 Å². The molecule has 1 aromatic carbocycles. The fraction of sp³-hybridized carbons (Fsp3) is 0.357. The van der Waals surface area contributed by atoms with Crippen molar-refractivity contribution in [3.8, 4) is 0 Å². The molecule has 2 aromatic rings. The second-order valence-electron chi connectivity index (χ2n) is 4.99. The normalized spacial score (nSPS) is 15.0. The van der Waals surface area contributed by atoms with Crippen LogP contribution >= 0.6 is 34.8 Å². The van der Waals surface area contributed by atoms with Crippen LogP contribution in [-0.4, -0.2) is 4.98 Å². The molecule has 0 saturated heterocycles. The second kappa shape index (κ2) is 5.57. The summed E-state index contributed by atoms with van der Waals surface area (Å²) >= 11 is 18.7. The third-order valence-electron chi connectivity index (χ3n) is 3.78. The lowest BCUT2D eigenvalue weighted by Crippen LogP contribution is -2.12. The number of fused-ring (bicyclic) bond motifs is 2. The second-order valence-corrected chi connectivity index (χ2v) is 6.19. The molecule has 0 saturated carbocycles. The molecule has 0 unspecified atom stereocenters. The standard InChI is InChI=1S/C14H14Cl3N3/c15-8-6-9(16)14-11(12(8)17)13(20-18)7-4-2-1-3-5-10(7)19-14/h6H,1-5,18H2,(H,19,20). The lowest BCUT2D eigenvalue weighted by Gasteiger charge is -2.17. The van der Waals surface area contributed by atoms with Crippen molar-refractivity contribution >= 4 is 51.4 Å². The summed E-state index contributed by atoms with van der Waals surface area (Å²) in [7, 11) is 0. The van der Waals surface area contributed by atoms with Crippen molar-refractivity contribution in [2.45, 2.75) is 32.1 Å². The Morgan fingerprint density at radius 2 is 1.80 bits per heavy atom. The molecule has 106 valence electrons. The maximum Gasteiger partial charge on any atom is 0.0929 e. The predicted molar refractivity (Wildman–Crippen MR) is 85.8 cm³/mol. The molecule has 0 radical (unpaired) electrons. The molecule has 0 amide bonds. The fourth-order valence-electron chi connectivity index (χ4n) is 2.83. The van der Waals surface area contributed by atoms with Crippen LogP contribution < -0.4 is 11.3 Å². The molecule has 0 aliphatic heterocycles. The van der Waals surface area contributed by atoms with Gasteiger partial charge in [-0.25, -0.2) is 0 Å². The Bertz CT molecular complexity index is 685. The molecule has 1 aromatic heterocycles. The minimum Gasteiger partial charge on any atom is -0.323 e. The van der Waals surface area contributed by atoms with Crippen molar-refractivity contribution < 1.29 is 0 Å². The van der Waals surface area contributed by atoms with E-state index in [1.165, 1.54) is 6.42 Å². The van der Waals surface area contributed by atoms with Crippen LogP contribution in [0.1, 0.15) is 30.5 Å². The SMILES string of the molecule is NNc1c2c(nc3c(Cl)cc(Cl)c(Cl)c13)CCCCC2. The molecule has 1 aliphatic carbocycles. The largest absolute Gasteiger partial charge is 0.323 e. The van der Waals surface area contributed by atoms with Gasteiger partial charge in [0.15, 0.2) is 0 Å². The molecule has 6 heteroatoms. The van der Waals surface area contributed by atoms with E-state index < -0.39 is 0 Å². The number of aromatic nitrogens is 1. The summed E-state index contributed by atoms with van der Waals surface area (Å²) in [4.78, 5) is 4.72. The number of anilines is 1. The highest BCUT2D eigenvalue weighted by atomic mass is 35.5. The van der Waals surface area contributed by atoms with Crippen LogP contribution in [-0.2, 0) is 12.8 Å². The van der Waals surface area contributed by atoms with Crippen LogP contribution in [0.15, 0.2) is 6.07 Å². The van der Waals surface area contributed by atoms with Gasteiger partial charge in [-0.2, -0.15) is 0 Å². The Hall–Kier alpha value is -0.740. The van der Waals surface area contributed by atoms with Gasteiger partial charge < -0.3 is 5.43 Å². The summed E-state index contributed by atoms with van der Waals surface area (Å²) in [5, 5.41) is 2.07. The molecule has 0 fully saturated rings. The number of nitrogens with one attached hydrogen (secondary N) is 1. The first-order valence-corrected chi connectivity index (χ1v) is 7.72. The van der Waals surface area contributed by atoms with E-state index in [0.717, 1.165) is 42.6 Å². The quantitative estimate of drug-likeness (QED) is 0.343. The highest BCUT2D eigenvalue weighted by molar-refractivity contribution is 6.48. The number of nitrogens with zero attached hydrogens (tertiary/aromatic N) is 1. The summed E-state index contributed by atoms with van der Waals surface area (Å²) in [6, 6.07) is 1.63. The van der Waals surface area contributed by atoms with Gasteiger partial charge in [-0.1, -0.05) is 41.2 Å². The number of hydrogen-bond donors (Lipinski definition) is 2. The first-order chi connectivity index (χ1) is 9.63. The zero-order valence-corrected chi connectivity index (χ0v) is 13.0. The summed E-state index contributed by atoms with van der Waals surface area (Å²) in [5.74, 6) is 5.74. The van der Waals surface area contributed by atoms with Crippen LogP contribution in [0.2, 0.25) is 15.1 Å². The van der Waals surface area contributed by atoms with Gasteiger partial charge >= 0.3 is 0 Å². The van der Waals surface area contributed by atoms with Gasteiger partial charge in [-0.15, -0.1) is 0 Å². The van der Waals surface area contributed by atoms with Gasteiger partial charge in [-0.05, 0) is 37.3 Å². The van der Waals surface area contributed by atoms with E-state index in [1.54, 1.807) is 6.07 Å². The van der Waals surface area contributed by atoms with E-state index in [-0.39, 0.29) is 0 Å². The topological polar surface area (TPSA) is 50.9 Å². The van der Waals surface area contributed by atoms with Crippen LogP contribution in [0.25, 0.3) is 10.9 Å². The summed E-state index contributed by atoms with van der Waals surface area (Å²) in [6.07, 6.45) is 5.34. The van der Waals surface area contributed by atoms with Crippen LogP contribution in [0.3, 0.4) is 0 Å². The van der Waals surface area contributed by atoms with Crippen LogP contribution in [0, 0.1) is 0 Å². The van der Waals surface area contributed by atoms with Gasteiger partial charge in [0, 0.05) is 11.1 Å². The highest BCUT2D eigenvalue weighted by Gasteiger charge is 2.21. The predicted octanol–water partition coefficient (Wildman–Crippen LogP) is 4.75. The number of pyridine rings is 1. The van der Waals surface area contributed by atoms with Gasteiger partial charge in [0.25, 0.3) is 0 Å². The average molecular weight is 331 g/mol. The smallest absolute Gasteiger partial charge is 0.0929 e. The third kappa shape index (κ3) is 2.23. The number of nitrogens with two attached hydrogens (primary N) is 1. The molecule has 3 nitrogen and oxygen atoms in total. The third-order valence-corrected chi connectivity index (χ3v) is 4.85. The van der Waals surface area contributed by atoms with E-state index in [4.69, 9.17) is 45.6 Å². The van der Waals surface area contributed by atoms with E-state index in [1.807, 2.05) is 0 Å². The van der Waals surface area contributed by atoms with E-state index in [9.17, 15) is 0 Å². The maximum atomic E-state index is 6.34. The van der Waals surface area contributed by atoms with Crippen molar-refractivity contribution in [3.05, 3.63) is 32.4 Å². The molecule has 0 bridgehead atoms. The van der Waals surface area contributed by atoms with Crippen molar-refractivity contribution in [3.63, 3.8) is 0 Å². The number of hydrazine groups is 1. The van der Waals surface area contributed by atoms with E-state index in [0.29, 0.717) is 26.0 Å².